The first-order valence-corrected chi connectivity index (χ1v) is 7.36. The van der Waals surface area contributed by atoms with Gasteiger partial charge < -0.3 is 10.1 Å². The number of hydrogen-bond acceptors (Lipinski definition) is 2. The number of rotatable bonds is 3. The summed E-state index contributed by atoms with van der Waals surface area (Å²) in [5.41, 5.74) is 3.80. The molecule has 0 saturated carbocycles. The van der Waals surface area contributed by atoms with Gasteiger partial charge in [0.1, 0.15) is 11.6 Å². The van der Waals surface area contributed by atoms with Gasteiger partial charge in [0.25, 0.3) is 0 Å². The van der Waals surface area contributed by atoms with Crippen LogP contribution < -0.4 is 10.1 Å². The minimum absolute atomic E-state index is 0.0669. The van der Waals surface area contributed by atoms with Crippen LogP contribution in [0.2, 0.25) is 5.02 Å². The number of fused-ring (bicyclic) bond motifs is 1. The third-order valence-electron chi connectivity index (χ3n) is 3.92. The van der Waals surface area contributed by atoms with Crippen LogP contribution in [-0.2, 0) is 6.42 Å². The first-order valence-electron chi connectivity index (χ1n) is 6.98. The fraction of sp³-hybridized carbons (Fsp3) is 0.294. The lowest BCUT2D eigenvalue weighted by atomic mass is 9.95. The van der Waals surface area contributed by atoms with E-state index in [0.717, 1.165) is 29.9 Å². The average molecular weight is 306 g/mol. The molecule has 1 unspecified atom stereocenters. The van der Waals surface area contributed by atoms with Crippen LogP contribution in [0.1, 0.15) is 28.3 Å². The van der Waals surface area contributed by atoms with Crippen molar-refractivity contribution in [2.75, 3.05) is 13.7 Å². The molecule has 2 aromatic carbocycles. The van der Waals surface area contributed by atoms with Crippen LogP contribution in [0.25, 0.3) is 0 Å². The first-order chi connectivity index (χ1) is 10.1. The van der Waals surface area contributed by atoms with E-state index in [1.54, 1.807) is 6.92 Å². The van der Waals surface area contributed by atoms with Crippen molar-refractivity contribution in [3.05, 3.63) is 63.4 Å². The second kappa shape index (κ2) is 5.66. The summed E-state index contributed by atoms with van der Waals surface area (Å²) >= 11 is 6.24. The standard InChI is InChI=1S/C17H17ClFNO/c1-10-7-13(14(18)9-15(10)19)17(20-2)12-3-4-16-11(8-12)5-6-21-16/h3-4,7-9,17,20H,5-6H2,1-2H3. The third kappa shape index (κ3) is 2.63. The molecule has 3 rings (SSSR count). The Labute approximate surface area is 128 Å². The molecular weight excluding hydrogens is 289 g/mol. The molecule has 0 spiro atoms. The predicted molar refractivity (Wildman–Crippen MR) is 82.7 cm³/mol. The van der Waals surface area contributed by atoms with Crippen LogP contribution in [-0.4, -0.2) is 13.7 Å². The molecule has 1 heterocycles. The van der Waals surface area contributed by atoms with E-state index in [1.165, 1.54) is 11.6 Å². The van der Waals surface area contributed by atoms with E-state index in [-0.39, 0.29) is 11.9 Å². The average Bonchev–Trinajstić information content (AvgIpc) is 2.92. The van der Waals surface area contributed by atoms with Gasteiger partial charge in [-0.25, -0.2) is 4.39 Å². The number of aryl methyl sites for hydroxylation is 1. The maximum atomic E-state index is 13.6. The molecule has 1 aliphatic heterocycles. The SMILES string of the molecule is CNC(c1ccc2c(c1)CCO2)c1cc(C)c(F)cc1Cl. The summed E-state index contributed by atoms with van der Waals surface area (Å²) in [6.07, 6.45) is 0.926. The highest BCUT2D eigenvalue weighted by Gasteiger charge is 2.20. The van der Waals surface area contributed by atoms with E-state index in [0.29, 0.717) is 10.6 Å². The summed E-state index contributed by atoms with van der Waals surface area (Å²) in [7, 11) is 1.88. The van der Waals surface area contributed by atoms with Crippen molar-refractivity contribution in [2.24, 2.45) is 0 Å². The van der Waals surface area contributed by atoms with Crippen molar-refractivity contribution in [3.8, 4) is 5.75 Å². The van der Waals surface area contributed by atoms with Gasteiger partial charge in [0.05, 0.1) is 12.6 Å². The second-order valence-corrected chi connectivity index (χ2v) is 5.72. The molecule has 0 radical (unpaired) electrons. The second-order valence-electron chi connectivity index (χ2n) is 5.31. The number of halogens is 2. The first kappa shape index (κ1) is 14.4. The highest BCUT2D eigenvalue weighted by molar-refractivity contribution is 6.31. The van der Waals surface area contributed by atoms with Crippen molar-refractivity contribution in [3.63, 3.8) is 0 Å². The van der Waals surface area contributed by atoms with Crippen molar-refractivity contribution >= 4 is 11.6 Å². The Kier molecular flexibility index (Phi) is 3.87. The van der Waals surface area contributed by atoms with Crippen LogP contribution in [0, 0.1) is 12.7 Å². The zero-order valence-corrected chi connectivity index (χ0v) is 12.8. The molecule has 1 atom stereocenters. The molecule has 0 bridgehead atoms. The zero-order valence-electron chi connectivity index (χ0n) is 12.0. The fourth-order valence-corrected chi connectivity index (χ4v) is 3.05. The summed E-state index contributed by atoms with van der Waals surface area (Å²) in [6, 6.07) is 9.28. The third-order valence-corrected chi connectivity index (χ3v) is 4.25. The Morgan fingerprint density at radius 2 is 2.10 bits per heavy atom. The van der Waals surface area contributed by atoms with Crippen molar-refractivity contribution in [1.82, 2.24) is 5.32 Å². The molecule has 1 aliphatic rings. The minimum atomic E-state index is -0.277. The predicted octanol–water partition coefficient (Wildman–Crippen LogP) is 4.03. The molecule has 21 heavy (non-hydrogen) atoms. The fourth-order valence-electron chi connectivity index (χ4n) is 2.79. The molecule has 0 saturated heterocycles. The zero-order chi connectivity index (χ0) is 15.0. The van der Waals surface area contributed by atoms with E-state index < -0.39 is 0 Å². The number of nitrogens with one attached hydrogen (secondary N) is 1. The highest BCUT2D eigenvalue weighted by atomic mass is 35.5. The molecule has 110 valence electrons. The monoisotopic (exact) mass is 305 g/mol. The van der Waals surface area contributed by atoms with Crippen molar-refractivity contribution in [1.29, 1.82) is 0 Å². The number of benzene rings is 2. The van der Waals surface area contributed by atoms with Gasteiger partial charge in [0.2, 0.25) is 0 Å². The molecule has 1 N–H and O–H groups in total. The van der Waals surface area contributed by atoms with E-state index >= 15 is 0 Å². The number of hydrogen-bond donors (Lipinski definition) is 1. The summed E-state index contributed by atoms with van der Waals surface area (Å²) in [6.45, 7) is 2.48. The number of ether oxygens (including phenoxy) is 1. The van der Waals surface area contributed by atoms with Crippen LogP contribution in [0.3, 0.4) is 0 Å². The molecule has 0 fully saturated rings. The Hall–Kier alpha value is -1.58. The molecule has 2 nitrogen and oxygen atoms in total. The summed E-state index contributed by atoms with van der Waals surface area (Å²) < 4.78 is 19.1. The maximum Gasteiger partial charge on any atom is 0.127 e. The van der Waals surface area contributed by atoms with Crippen molar-refractivity contribution < 1.29 is 9.13 Å². The smallest absolute Gasteiger partial charge is 0.127 e. The normalized spacial score (nSPS) is 14.7. The van der Waals surface area contributed by atoms with Gasteiger partial charge >= 0.3 is 0 Å². The molecule has 0 aromatic heterocycles. The highest BCUT2D eigenvalue weighted by Crippen LogP contribution is 2.33. The van der Waals surface area contributed by atoms with E-state index in [9.17, 15) is 4.39 Å². The van der Waals surface area contributed by atoms with Crippen LogP contribution in [0.4, 0.5) is 4.39 Å². The van der Waals surface area contributed by atoms with E-state index in [1.807, 2.05) is 25.2 Å². The molecule has 2 aromatic rings. The van der Waals surface area contributed by atoms with Crippen LogP contribution in [0.15, 0.2) is 30.3 Å². The van der Waals surface area contributed by atoms with Gasteiger partial charge in [-0.05, 0) is 54.4 Å². The van der Waals surface area contributed by atoms with Gasteiger partial charge in [-0.2, -0.15) is 0 Å². The topological polar surface area (TPSA) is 21.3 Å². The van der Waals surface area contributed by atoms with Crippen LogP contribution >= 0.6 is 11.6 Å². The summed E-state index contributed by atoms with van der Waals surface area (Å²) in [5.74, 6) is 0.677. The minimum Gasteiger partial charge on any atom is -0.493 e. The van der Waals surface area contributed by atoms with Crippen molar-refractivity contribution in [2.45, 2.75) is 19.4 Å². The molecule has 0 aliphatic carbocycles. The van der Waals surface area contributed by atoms with E-state index in [4.69, 9.17) is 16.3 Å². The van der Waals surface area contributed by atoms with Gasteiger partial charge in [-0.15, -0.1) is 0 Å². The lowest BCUT2D eigenvalue weighted by molar-refractivity contribution is 0.357. The van der Waals surface area contributed by atoms with Crippen LogP contribution in [0.5, 0.6) is 5.75 Å². The van der Waals surface area contributed by atoms with E-state index in [2.05, 4.69) is 11.4 Å². The quantitative estimate of drug-likeness (QED) is 0.924. The Morgan fingerprint density at radius 1 is 1.29 bits per heavy atom. The van der Waals surface area contributed by atoms with Gasteiger partial charge in [0.15, 0.2) is 0 Å². The maximum absolute atomic E-state index is 13.6. The Bertz CT molecular complexity index is 687. The van der Waals surface area contributed by atoms with Gasteiger partial charge in [-0.1, -0.05) is 23.7 Å². The largest absolute Gasteiger partial charge is 0.493 e. The Balaban J connectivity index is 2.04. The molecule has 4 heteroatoms. The van der Waals surface area contributed by atoms with Gasteiger partial charge in [-0.3, -0.25) is 0 Å². The molecular formula is C17H17ClFNO. The Morgan fingerprint density at radius 3 is 2.86 bits per heavy atom. The lowest BCUT2D eigenvalue weighted by Crippen LogP contribution is -2.18. The van der Waals surface area contributed by atoms with Gasteiger partial charge in [0, 0.05) is 11.4 Å². The summed E-state index contributed by atoms with van der Waals surface area (Å²) in [5, 5.41) is 3.70. The lowest BCUT2D eigenvalue weighted by Gasteiger charge is -2.20. The summed E-state index contributed by atoms with van der Waals surface area (Å²) in [4.78, 5) is 0. The molecule has 0 amide bonds.